The molecule has 2 aromatic rings. The minimum absolute atomic E-state index is 0.0775. The van der Waals surface area contributed by atoms with Crippen LogP contribution < -0.4 is 0 Å². The highest BCUT2D eigenvalue weighted by Crippen LogP contribution is 2.23. The predicted octanol–water partition coefficient (Wildman–Crippen LogP) is 2.50. The van der Waals surface area contributed by atoms with Crippen molar-refractivity contribution in [1.82, 2.24) is 0 Å². The van der Waals surface area contributed by atoms with Crippen molar-refractivity contribution in [3.8, 4) is 5.75 Å². The third kappa shape index (κ3) is 3.60. The minimum atomic E-state index is -1.02. The van der Waals surface area contributed by atoms with Crippen molar-refractivity contribution in [2.24, 2.45) is 0 Å². The van der Waals surface area contributed by atoms with Crippen LogP contribution in [0.15, 0.2) is 48.5 Å². The van der Waals surface area contributed by atoms with Crippen LogP contribution in [0, 0.1) is 0 Å². The Morgan fingerprint density at radius 1 is 0.905 bits per heavy atom. The number of carbonyl (C=O) groups is 2. The molecule has 5 nitrogen and oxygen atoms in total. The van der Waals surface area contributed by atoms with Crippen LogP contribution in [0.3, 0.4) is 0 Å². The third-order valence-electron chi connectivity index (χ3n) is 3.23. The van der Waals surface area contributed by atoms with Gasteiger partial charge in [-0.2, -0.15) is 0 Å². The van der Waals surface area contributed by atoms with E-state index in [9.17, 15) is 19.8 Å². The van der Waals surface area contributed by atoms with Crippen molar-refractivity contribution in [3.63, 3.8) is 0 Å². The fraction of sp³-hybridized carbons (Fsp3) is 0.125. The lowest BCUT2D eigenvalue weighted by molar-refractivity contribution is -0.138. The summed E-state index contributed by atoms with van der Waals surface area (Å²) < 4.78 is 0. The average Bonchev–Trinajstić information content (AvgIpc) is 2.46. The Hall–Kier alpha value is -2.82. The van der Waals surface area contributed by atoms with Crippen LogP contribution in [0.1, 0.15) is 27.4 Å². The van der Waals surface area contributed by atoms with Gasteiger partial charge >= 0.3 is 11.9 Å². The molecule has 5 heteroatoms. The van der Waals surface area contributed by atoms with Crippen LogP contribution >= 0.6 is 0 Å². The van der Waals surface area contributed by atoms with Crippen molar-refractivity contribution >= 4 is 11.9 Å². The summed E-state index contributed by atoms with van der Waals surface area (Å²) in [6.07, 6.45) is 0.250. The van der Waals surface area contributed by atoms with Crippen molar-refractivity contribution in [1.29, 1.82) is 0 Å². The van der Waals surface area contributed by atoms with Gasteiger partial charge in [0.15, 0.2) is 0 Å². The van der Waals surface area contributed by atoms with Crippen molar-refractivity contribution in [2.45, 2.75) is 12.3 Å². The number of carboxylic acid groups (broad SMARTS) is 2. The van der Waals surface area contributed by atoms with E-state index in [1.807, 2.05) is 0 Å². The van der Waals surface area contributed by atoms with Crippen molar-refractivity contribution in [2.75, 3.05) is 0 Å². The van der Waals surface area contributed by atoms with E-state index in [-0.39, 0.29) is 17.7 Å². The molecule has 0 amide bonds. The molecule has 0 heterocycles. The maximum Gasteiger partial charge on any atom is 0.335 e. The maximum absolute atomic E-state index is 11.4. The van der Waals surface area contributed by atoms with E-state index in [2.05, 4.69) is 0 Å². The highest BCUT2D eigenvalue weighted by atomic mass is 16.4. The lowest BCUT2D eigenvalue weighted by Gasteiger charge is -2.13. The van der Waals surface area contributed by atoms with Gasteiger partial charge in [0.05, 0.1) is 11.5 Å². The summed E-state index contributed by atoms with van der Waals surface area (Å²) in [6.45, 7) is 0. The Morgan fingerprint density at radius 2 is 1.48 bits per heavy atom. The Morgan fingerprint density at radius 3 is 1.95 bits per heavy atom. The number of carboxylic acids is 2. The summed E-state index contributed by atoms with van der Waals surface area (Å²) in [5.74, 6) is -2.66. The largest absolute Gasteiger partial charge is 0.508 e. The maximum atomic E-state index is 11.4. The third-order valence-corrected chi connectivity index (χ3v) is 3.23. The van der Waals surface area contributed by atoms with E-state index in [0.717, 1.165) is 5.56 Å². The Bertz CT molecular complexity index is 643. The van der Waals surface area contributed by atoms with Gasteiger partial charge in [-0.15, -0.1) is 0 Å². The van der Waals surface area contributed by atoms with E-state index >= 15 is 0 Å². The van der Waals surface area contributed by atoms with Gasteiger partial charge < -0.3 is 15.3 Å². The first kappa shape index (κ1) is 14.6. The second kappa shape index (κ2) is 6.09. The second-order valence-corrected chi connectivity index (χ2v) is 4.69. The Labute approximate surface area is 121 Å². The average molecular weight is 286 g/mol. The Kier molecular flexibility index (Phi) is 4.23. The highest BCUT2D eigenvalue weighted by molar-refractivity contribution is 5.87. The zero-order valence-electron chi connectivity index (χ0n) is 11.1. The molecule has 0 saturated carbocycles. The van der Waals surface area contributed by atoms with Gasteiger partial charge in [-0.3, -0.25) is 4.79 Å². The number of aromatic hydroxyl groups is 1. The molecule has 0 aliphatic carbocycles. The molecule has 0 saturated heterocycles. The number of phenols is 1. The summed E-state index contributed by atoms with van der Waals surface area (Å²) in [4.78, 5) is 22.2. The van der Waals surface area contributed by atoms with Gasteiger partial charge in [-0.1, -0.05) is 24.3 Å². The van der Waals surface area contributed by atoms with Gasteiger partial charge in [0.2, 0.25) is 0 Å². The molecule has 0 aromatic heterocycles. The molecule has 3 N–H and O–H groups in total. The number of hydrogen-bond donors (Lipinski definition) is 3. The summed E-state index contributed by atoms with van der Waals surface area (Å²) in [6, 6.07) is 12.2. The summed E-state index contributed by atoms with van der Waals surface area (Å²) in [5, 5.41) is 27.4. The van der Waals surface area contributed by atoms with Crippen LogP contribution in [0.2, 0.25) is 0 Å². The van der Waals surface area contributed by atoms with Crippen LogP contribution in [0.25, 0.3) is 0 Å². The summed E-state index contributed by atoms with van der Waals surface area (Å²) in [5.41, 5.74) is 1.48. The van der Waals surface area contributed by atoms with E-state index in [1.54, 1.807) is 24.3 Å². The van der Waals surface area contributed by atoms with Gasteiger partial charge in [0.1, 0.15) is 5.75 Å². The summed E-state index contributed by atoms with van der Waals surface area (Å²) in [7, 11) is 0. The van der Waals surface area contributed by atoms with Crippen molar-refractivity contribution in [3.05, 3.63) is 65.2 Å². The van der Waals surface area contributed by atoms with Gasteiger partial charge in [-0.05, 0) is 41.8 Å². The number of benzene rings is 2. The lowest BCUT2D eigenvalue weighted by atomic mass is 9.91. The Balaban J connectivity index is 2.22. The predicted molar refractivity (Wildman–Crippen MR) is 75.6 cm³/mol. The molecule has 1 unspecified atom stereocenters. The molecule has 0 aliphatic heterocycles. The van der Waals surface area contributed by atoms with Crippen LogP contribution in [-0.4, -0.2) is 27.3 Å². The molecule has 21 heavy (non-hydrogen) atoms. The zero-order valence-corrected chi connectivity index (χ0v) is 11.1. The SMILES string of the molecule is O=C(O)c1ccc(CC(C(=O)O)c2ccc(O)cc2)cc1. The fourth-order valence-corrected chi connectivity index (χ4v) is 2.07. The van der Waals surface area contributed by atoms with Crippen LogP contribution in [0.4, 0.5) is 0 Å². The second-order valence-electron chi connectivity index (χ2n) is 4.69. The highest BCUT2D eigenvalue weighted by Gasteiger charge is 2.20. The number of aromatic carboxylic acids is 1. The number of aliphatic carboxylic acids is 1. The molecule has 0 bridgehead atoms. The number of phenolic OH excluding ortho intramolecular Hbond substituents is 1. The monoisotopic (exact) mass is 286 g/mol. The van der Waals surface area contributed by atoms with E-state index in [0.29, 0.717) is 5.56 Å². The fourth-order valence-electron chi connectivity index (χ4n) is 2.07. The summed E-state index contributed by atoms with van der Waals surface area (Å²) >= 11 is 0. The van der Waals surface area contributed by atoms with Crippen molar-refractivity contribution < 1.29 is 24.9 Å². The van der Waals surface area contributed by atoms with Gasteiger partial charge in [0, 0.05) is 0 Å². The zero-order chi connectivity index (χ0) is 15.4. The molecular weight excluding hydrogens is 272 g/mol. The number of rotatable bonds is 5. The molecular formula is C16H14O5. The number of hydrogen-bond acceptors (Lipinski definition) is 3. The lowest BCUT2D eigenvalue weighted by Crippen LogP contribution is -2.14. The molecule has 108 valence electrons. The molecule has 2 rings (SSSR count). The van der Waals surface area contributed by atoms with E-state index in [4.69, 9.17) is 5.11 Å². The molecule has 2 aromatic carbocycles. The molecule has 1 atom stereocenters. The first-order chi connectivity index (χ1) is 9.97. The van der Waals surface area contributed by atoms with E-state index in [1.165, 1.54) is 24.3 Å². The van der Waals surface area contributed by atoms with Crippen LogP contribution in [0.5, 0.6) is 5.75 Å². The quantitative estimate of drug-likeness (QED) is 0.785. The topological polar surface area (TPSA) is 94.8 Å². The van der Waals surface area contributed by atoms with Gasteiger partial charge in [0.25, 0.3) is 0 Å². The standard InChI is InChI=1S/C16H14O5/c17-13-7-5-11(6-8-13)14(16(20)21)9-10-1-3-12(4-2-10)15(18)19/h1-8,14,17H,9H2,(H,18,19)(H,20,21). The normalized spacial score (nSPS) is 11.8. The molecule has 0 aliphatic rings. The smallest absolute Gasteiger partial charge is 0.335 e. The molecule has 0 fully saturated rings. The van der Waals surface area contributed by atoms with Gasteiger partial charge in [-0.25, -0.2) is 4.79 Å². The minimum Gasteiger partial charge on any atom is -0.508 e. The first-order valence-corrected chi connectivity index (χ1v) is 6.31. The van der Waals surface area contributed by atoms with Crippen LogP contribution in [-0.2, 0) is 11.2 Å². The molecule has 0 radical (unpaired) electrons. The van der Waals surface area contributed by atoms with E-state index < -0.39 is 17.9 Å². The first-order valence-electron chi connectivity index (χ1n) is 6.31. The molecule has 0 spiro atoms.